The summed E-state index contributed by atoms with van der Waals surface area (Å²) in [6.45, 7) is 4.04. The molecule has 1 aliphatic rings. The molecular formula is C21H28N3O9PS. The molecule has 0 aliphatic carbocycles. The number of rotatable bonds is 10. The molecule has 3 rings (SSSR count). The molecule has 2 heterocycles. The average molecular weight is 530 g/mol. The molecule has 1 aliphatic heterocycles. The van der Waals surface area contributed by atoms with Crippen LogP contribution in [0.2, 0.25) is 0 Å². The van der Waals surface area contributed by atoms with Gasteiger partial charge in [-0.3, -0.25) is 23.7 Å². The first-order chi connectivity index (χ1) is 16.5. The number of nitrogens with one attached hydrogen (secondary N) is 2. The van der Waals surface area contributed by atoms with Crippen molar-refractivity contribution in [2.75, 3.05) is 13.2 Å². The maximum absolute atomic E-state index is 13.5. The molecule has 35 heavy (non-hydrogen) atoms. The molecule has 1 saturated heterocycles. The van der Waals surface area contributed by atoms with Crippen LogP contribution in [0.1, 0.15) is 27.0 Å². The Balaban J connectivity index is 1.80. The van der Waals surface area contributed by atoms with Gasteiger partial charge in [-0.05, 0) is 45.1 Å². The lowest BCUT2D eigenvalue weighted by atomic mass is 9.96. The van der Waals surface area contributed by atoms with Crippen molar-refractivity contribution in [3.05, 3.63) is 57.7 Å². The zero-order chi connectivity index (χ0) is 25.8. The second-order valence-corrected chi connectivity index (χ2v) is 10.1. The minimum atomic E-state index is -4.20. The third-order valence-corrected chi connectivity index (χ3v) is 7.18. The summed E-state index contributed by atoms with van der Waals surface area (Å²) in [6.07, 6.45) is -2.52. The molecule has 1 aromatic heterocycles. The zero-order valence-electron chi connectivity index (χ0n) is 19.3. The Hall–Kier alpha value is -2.38. The number of aromatic nitrogens is 2. The molecular weight excluding hydrogens is 501 g/mol. The summed E-state index contributed by atoms with van der Waals surface area (Å²) >= 11 is 5.13. The van der Waals surface area contributed by atoms with E-state index >= 15 is 0 Å². The second kappa shape index (κ2) is 11.1. The van der Waals surface area contributed by atoms with Crippen molar-refractivity contribution >= 4 is 25.9 Å². The van der Waals surface area contributed by atoms with Gasteiger partial charge in [0.1, 0.15) is 29.6 Å². The maximum atomic E-state index is 13.5. The lowest BCUT2D eigenvalue weighted by molar-refractivity contribution is -0.144. The van der Waals surface area contributed by atoms with Crippen LogP contribution in [0.5, 0.6) is 5.75 Å². The van der Waals surface area contributed by atoms with Crippen molar-refractivity contribution in [2.45, 2.75) is 50.8 Å². The molecule has 0 radical (unpaired) electrons. The molecule has 0 spiro atoms. The Morgan fingerprint density at radius 1 is 1.37 bits per heavy atom. The lowest BCUT2D eigenvalue weighted by Gasteiger charge is -2.28. The number of hydrogen-bond donors (Lipinski definition) is 4. The average Bonchev–Trinajstić information content (AvgIpc) is 3.02. The van der Waals surface area contributed by atoms with Crippen LogP contribution >= 0.6 is 20.0 Å². The van der Waals surface area contributed by atoms with Crippen LogP contribution in [0.25, 0.3) is 0 Å². The lowest BCUT2D eigenvalue weighted by Crippen LogP contribution is -2.45. The number of aliphatic hydroxyl groups excluding tert-OH is 1. The fraction of sp³-hybridized carbons (Fsp3) is 0.476. The van der Waals surface area contributed by atoms with Crippen LogP contribution in [0, 0.1) is 4.77 Å². The van der Waals surface area contributed by atoms with E-state index < -0.39 is 56.0 Å². The van der Waals surface area contributed by atoms with Crippen molar-refractivity contribution in [3.63, 3.8) is 0 Å². The fourth-order valence-electron chi connectivity index (χ4n) is 3.43. The highest BCUT2D eigenvalue weighted by atomic mass is 32.1. The van der Waals surface area contributed by atoms with Crippen molar-refractivity contribution in [2.24, 2.45) is 0 Å². The van der Waals surface area contributed by atoms with Crippen molar-refractivity contribution in [3.8, 4) is 5.75 Å². The van der Waals surface area contributed by atoms with E-state index in [1.165, 1.54) is 30.7 Å². The third-order valence-electron chi connectivity index (χ3n) is 5.23. The topological polar surface area (TPSA) is 161 Å². The maximum Gasteiger partial charge on any atom is 0.459 e. The number of esters is 1. The normalized spacial score (nSPS) is 26.6. The number of aliphatic hydroxyl groups is 2. The molecule has 1 fully saturated rings. The SMILES string of the molecule is CCOC(=O)[C@H](C)NP(=O)(OC[C@H]1O[C@@H](n2ccc(=O)[nH]c2=S)C(C)(O)[C@H]1O)Oc1ccccc1. The van der Waals surface area contributed by atoms with E-state index in [1.807, 2.05) is 0 Å². The highest BCUT2D eigenvalue weighted by Crippen LogP contribution is 2.47. The molecule has 0 bridgehead atoms. The molecule has 0 amide bonds. The summed E-state index contributed by atoms with van der Waals surface area (Å²) in [4.78, 5) is 26.0. The monoisotopic (exact) mass is 529 g/mol. The standard InChI is InChI=1S/C21H28N3O9PS/c1-4-30-18(27)13(2)23-34(29,33-14-8-6-5-7-9-14)31-12-15-17(26)21(3,28)19(32-15)24-11-10-16(25)22-20(24)35/h5-11,13,15,17,19,26,28H,4,12H2,1-3H3,(H,23,29)(H,22,25,35)/t13-,15+,17-,19+,21?,34?/m0/s1. The molecule has 2 unspecified atom stereocenters. The molecule has 6 atom stereocenters. The molecule has 0 saturated carbocycles. The number of para-hydroxylation sites is 1. The summed E-state index contributed by atoms with van der Waals surface area (Å²) in [7, 11) is -4.20. The number of nitrogens with zero attached hydrogens (tertiary/aromatic N) is 1. The second-order valence-electron chi connectivity index (χ2n) is 8.02. The summed E-state index contributed by atoms with van der Waals surface area (Å²) in [6, 6.07) is 8.30. The zero-order valence-corrected chi connectivity index (χ0v) is 21.0. The van der Waals surface area contributed by atoms with Gasteiger partial charge in [-0.15, -0.1) is 0 Å². The van der Waals surface area contributed by atoms with E-state index in [0.29, 0.717) is 0 Å². The van der Waals surface area contributed by atoms with Gasteiger partial charge in [-0.25, -0.2) is 4.57 Å². The third kappa shape index (κ3) is 6.44. The van der Waals surface area contributed by atoms with Crippen LogP contribution < -0.4 is 15.2 Å². The molecule has 14 heteroatoms. The van der Waals surface area contributed by atoms with Crippen molar-refractivity contribution in [1.29, 1.82) is 0 Å². The van der Waals surface area contributed by atoms with Crippen LogP contribution in [0.3, 0.4) is 0 Å². The van der Waals surface area contributed by atoms with Gasteiger partial charge in [0.05, 0.1) is 13.2 Å². The van der Waals surface area contributed by atoms with Gasteiger partial charge in [0.15, 0.2) is 11.0 Å². The van der Waals surface area contributed by atoms with Gasteiger partial charge in [-0.1, -0.05) is 18.2 Å². The van der Waals surface area contributed by atoms with Crippen molar-refractivity contribution < 1.29 is 38.1 Å². The van der Waals surface area contributed by atoms with Crippen LogP contribution in [0.4, 0.5) is 0 Å². The van der Waals surface area contributed by atoms with Crippen LogP contribution in [-0.2, 0) is 23.4 Å². The minimum absolute atomic E-state index is 0.0282. The highest BCUT2D eigenvalue weighted by Gasteiger charge is 2.53. The number of carbonyl (C=O) groups is 1. The number of H-pyrrole nitrogens is 1. The summed E-state index contributed by atoms with van der Waals surface area (Å²) in [5, 5.41) is 24.2. The van der Waals surface area contributed by atoms with Gasteiger partial charge in [0, 0.05) is 12.3 Å². The fourth-order valence-corrected chi connectivity index (χ4v) is 5.19. The summed E-state index contributed by atoms with van der Waals surface area (Å²) < 4.78 is 36.6. The van der Waals surface area contributed by atoms with E-state index in [-0.39, 0.29) is 17.1 Å². The predicted octanol–water partition coefficient (Wildman–Crippen LogP) is 1.66. The predicted molar refractivity (Wildman–Crippen MR) is 126 cm³/mol. The van der Waals surface area contributed by atoms with Gasteiger partial charge in [0.2, 0.25) is 0 Å². The molecule has 4 N–H and O–H groups in total. The van der Waals surface area contributed by atoms with Gasteiger partial charge < -0.3 is 24.2 Å². The first-order valence-electron chi connectivity index (χ1n) is 10.8. The quantitative estimate of drug-likeness (QED) is 0.201. The van der Waals surface area contributed by atoms with Crippen LogP contribution in [0.15, 0.2) is 47.4 Å². The van der Waals surface area contributed by atoms with Crippen LogP contribution in [-0.4, -0.2) is 62.8 Å². The van der Waals surface area contributed by atoms with Gasteiger partial charge in [-0.2, -0.15) is 5.09 Å². The number of carbonyl (C=O) groups excluding carboxylic acids is 1. The smallest absolute Gasteiger partial charge is 0.459 e. The Labute approximate surface area is 206 Å². The first-order valence-corrected chi connectivity index (χ1v) is 12.7. The largest absolute Gasteiger partial charge is 0.465 e. The summed E-state index contributed by atoms with van der Waals surface area (Å²) in [5.41, 5.74) is -2.29. The van der Waals surface area contributed by atoms with Gasteiger partial charge in [0.25, 0.3) is 5.56 Å². The number of hydrogen-bond acceptors (Lipinski definition) is 10. The Morgan fingerprint density at radius 2 is 2.06 bits per heavy atom. The molecule has 1 aromatic carbocycles. The summed E-state index contributed by atoms with van der Waals surface area (Å²) in [5.74, 6) is -0.461. The van der Waals surface area contributed by atoms with E-state index in [9.17, 15) is 24.4 Å². The van der Waals surface area contributed by atoms with Crippen molar-refractivity contribution in [1.82, 2.24) is 14.6 Å². The Kier molecular flexibility index (Phi) is 8.65. The number of benzene rings is 1. The number of ether oxygens (including phenoxy) is 2. The molecule has 192 valence electrons. The van der Waals surface area contributed by atoms with Gasteiger partial charge >= 0.3 is 13.7 Å². The van der Waals surface area contributed by atoms with E-state index in [4.69, 9.17) is 30.7 Å². The van der Waals surface area contributed by atoms with E-state index in [0.717, 1.165) is 0 Å². The van der Waals surface area contributed by atoms with E-state index in [2.05, 4.69) is 10.1 Å². The van der Waals surface area contributed by atoms with E-state index in [1.54, 1.807) is 37.3 Å². The number of aromatic amines is 1. The first kappa shape index (κ1) is 27.2. The Morgan fingerprint density at radius 3 is 2.69 bits per heavy atom. The highest BCUT2D eigenvalue weighted by molar-refractivity contribution is 7.71. The Bertz CT molecular complexity index is 1190. The molecule has 2 aromatic rings. The minimum Gasteiger partial charge on any atom is -0.465 e. The molecule has 12 nitrogen and oxygen atoms in total.